The number of β-amino-alcohol motifs (C(OH)–C–C–N with tert-alkyl or cyclic N) is 2. The van der Waals surface area contributed by atoms with Gasteiger partial charge in [0.15, 0.2) is 0 Å². The normalized spacial score (nSPS) is 29.3. The van der Waals surface area contributed by atoms with Crippen molar-refractivity contribution in [2.75, 3.05) is 52.4 Å². The minimum Gasteiger partial charge on any atom is -0.395 e. The summed E-state index contributed by atoms with van der Waals surface area (Å²) in [5, 5.41) is 52.1. The highest BCUT2D eigenvalue weighted by molar-refractivity contribution is 5.76. The lowest BCUT2D eigenvalue weighted by Crippen LogP contribution is -2.64. The first kappa shape index (κ1) is 70.5. The van der Waals surface area contributed by atoms with Crippen LogP contribution in [0.4, 0.5) is 0 Å². The first-order valence-electron chi connectivity index (χ1n) is 34.7. The third-order valence-electron chi connectivity index (χ3n) is 21.8. The smallest absolute Gasteiger partial charge is 0.231 e. The van der Waals surface area contributed by atoms with Gasteiger partial charge in [-0.3, -0.25) is 14.6 Å². The Morgan fingerprint density at radius 3 is 1.38 bits per heavy atom. The number of fused-ring (bicyclic) bond motifs is 6. The van der Waals surface area contributed by atoms with Crippen LogP contribution < -0.4 is 5.73 Å². The van der Waals surface area contributed by atoms with Crippen molar-refractivity contribution in [1.82, 2.24) is 14.7 Å². The van der Waals surface area contributed by atoms with E-state index < -0.39 is 0 Å². The zero-order chi connectivity index (χ0) is 62.6. The van der Waals surface area contributed by atoms with Crippen LogP contribution in [0.3, 0.4) is 0 Å². The molecule has 7 N–H and O–H groups in total. The molecule has 1 heterocycles. The molecular formula is C77H120N4O6. The maximum Gasteiger partial charge on any atom is 0.231 e. The summed E-state index contributed by atoms with van der Waals surface area (Å²) in [6.07, 6.45) is 22.1. The largest absolute Gasteiger partial charge is 0.395 e. The summed E-state index contributed by atoms with van der Waals surface area (Å²) in [5.74, 6) is 4.22. The zero-order valence-corrected chi connectivity index (χ0v) is 55.5. The Morgan fingerprint density at radius 1 is 0.517 bits per heavy atom. The van der Waals surface area contributed by atoms with Gasteiger partial charge in [0.05, 0.1) is 37.6 Å². The number of rotatable bonds is 26. The molecule has 8 aliphatic rings. The Bertz CT molecular complexity index is 2460. The molecule has 7 aliphatic carbocycles. The summed E-state index contributed by atoms with van der Waals surface area (Å²) in [6.45, 7) is 24.3. The van der Waals surface area contributed by atoms with Crippen molar-refractivity contribution in [2.24, 2.45) is 47.2 Å². The van der Waals surface area contributed by atoms with Gasteiger partial charge in [0.25, 0.3) is 0 Å². The number of nitrogens with two attached hydrogens (primary N) is 1. The van der Waals surface area contributed by atoms with E-state index in [-0.39, 0.29) is 58.8 Å². The van der Waals surface area contributed by atoms with Crippen LogP contribution in [-0.4, -0.2) is 134 Å². The predicted octanol–water partition coefficient (Wildman–Crippen LogP) is 13.6. The Hall–Kier alpha value is -3.97. The molecule has 1 aliphatic heterocycles. The van der Waals surface area contributed by atoms with Crippen LogP contribution in [0, 0.1) is 41.4 Å². The van der Waals surface area contributed by atoms with Crippen LogP contribution in [-0.2, 0) is 28.5 Å². The first-order chi connectivity index (χ1) is 41.7. The first-order valence-corrected chi connectivity index (χ1v) is 34.7. The quantitative estimate of drug-likeness (QED) is 0.0361. The summed E-state index contributed by atoms with van der Waals surface area (Å²) in [4.78, 5) is 18.9. The maximum absolute atomic E-state index is 11.7. The Balaban J connectivity index is 0.000000167. The van der Waals surface area contributed by atoms with E-state index in [2.05, 4.69) is 179 Å². The van der Waals surface area contributed by atoms with Crippen molar-refractivity contribution in [3.63, 3.8) is 0 Å². The zero-order valence-electron chi connectivity index (χ0n) is 55.5. The molecule has 0 spiro atoms. The van der Waals surface area contributed by atoms with Gasteiger partial charge in [-0.2, -0.15) is 0 Å². The number of likely N-dealkylation sites (tertiary alicyclic amines) is 1. The van der Waals surface area contributed by atoms with Crippen molar-refractivity contribution in [3.8, 4) is 0 Å². The van der Waals surface area contributed by atoms with Crippen LogP contribution >= 0.6 is 0 Å². The number of aliphatic hydroxyl groups is 5. The number of aliphatic hydroxyl groups excluding tert-OH is 5. The van der Waals surface area contributed by atoms with Gasteiger partial charge < -0.3 is 36.2 Å². The molecule has 1 amide bonds. The van der Waals surface area contributed by atoms with Crippen LogP contribution in [0.15, 0.2) is 121 Å². The van der Waals surface area contributed by atoms with Crippen LogP contribution in [0.5, 0.6) is 0 Å². The average molecular weight is 1200 g/mol. The molecule has 10 nitrogen and oxygen atoms in total. The SMILES string of the molecule is CC(C)CCCN1C[C@H](Cc2ccccc2)[C@@H](O)C1.CC(C)CCC[C@@H]1C[C@@H](Cc2ccccc2)[C@H](O)C1.CC(C)CCN(CC(N)=O)C12CCC(c3ccccc3)(CC1)[C@H](O)C2.CC(C)CCN(CCO)C12CCC(c3ccccc3)(CC1)[C@H](O)C2. The van der Waals surface area contributed by atoms with Gasteiger partial charge >= 0.3 is 0 Å². The fourth-order valence-corrected chi connectivity index (χ4v) is 16.5. The topological polar surface area (TPSA) is 154 Å². The molecule has 87 heavy (non-hydrogen) atoms. The molecule has 10 heteroatoms. The second-order valence-electron chi connectivity index (χ2n) is 29.9. The molecule has 8 fully saturated rings. The molecule has 0 unspecified atom stereocenters. The van der Waals surface area contributed by atoms with Gasteiger partial charge in [-0.15, -0.1) is 0 Å². The highest BCUT2D eigenvalue weighted by Crippen LogP contribution is 2.57. The van der Waals surface area contributed by atoms with Crippen molar-refractivity contribution in [2.45, 2.75) is 237 Å². The fourth-order valence-electron chi connectivity index (χ4n) is 16.5. The van der Waals surface area contributed by atoms with Crippen molar-refractivity contribution in [3.05, 3.63) is 144 Å². The summed E-state index contributed by atoms with van der Waals surface area (Å²) >= 11 is 0. The molecule has 4 aromatic carbocycles. The highest BCUT2D eigenvalue weighted by Gasteiger charge is 2.58. The summed E-state index contributed by atoms with van der Waals surface area (Å²) in [7, 11) is 0. The lowest BCUT2D eigenvalue weighted by atomic mass is 9.53. The highest BCUT2D eigenvalue weighted by atomic mass is 16.3. The minimum atomic E-state index is -0.355. The van der Waals surface area contributed by atoms with Gasteiger partial charge in [-0.1, -0.05) is 196 Å². The molecule has 7 saturated carbocycles. The molecule has 12 rings (SSSR count). The summed E-state index contributed by atoms with van der Waals surface area (Å²) < 4.78 is 0. The van der Waals surface area contributed by atoms with Crippen LogP contribution in [0.2, 0.25) is 0 Å². The maximum atomic E-state index is 11.7. The number of carbonyl (C=O) groups is 1. The lowest BCUT2D eigenvalue weighted by Gasteiger charge is -2.60. The van der Waals surface area contributed by atoms with Crippen molar-refractivity contribution in [1.29, 1.82) is 0 Å². The van der Waals surface area contributed by atoms with E-state index in [1.54, 1.807) is 0 Å². The van der Waals surface area contributed by atoms with Crippen molar-refractivity contribution >= 4 is 5.91 Å². The molecule has 7 atom stereocenters. The fraction of sp³-hybridized carbons (Fsp3) is 0.675. The lowest BCUT2D eigenvalue weighted by molar-refractivity contribution is -0.129. The summed E-state index contributed by atoms with van der Waals surface area (Å²) in [5.41, 5.74) is 10.7. The van der Waals surface area contributed by atoms with E-state index in [0.29, 0.717) is 30.2 Å². The number of primary amides is 1. The average Bonchev–Trinajstić information content (AvgIpc) is 1.68. The second-order valence-corrected chi connectivity index (χ2v) is 29.9. The minimum absolute atomic E-state index is 0.0497. The third kappa shape index (κ3) is 19.8. The van der Waals surface area contributed by atoms with Crippen LogP contribution in [0.1, 0.15) is 200 Å². The van der Waals surface area contributed by atoms with E-state index in [1.807, 2.05) is 12.1 Å². The Labute approximate surface area is 528 Å². The molecule has 0 radical (unpaired) electrons. The van der Waals surface area contributed by atoms with Gasteiger partial charge in [0, 0.05) is 47.5 Å². The molecule has 4 aromatic rings. The Kier molecular flexibility index (Phi) is 27.5. The molecule has 484 valence electrons. The van der Waals surface area contributed by atoms with E-state index >= 15 is 0 Å². The predicted molar refractivity (Wildman–Crippen MR) is 359 cm³/mol. The molecule has 4 bridgehead atoms. The number of carbonyl (C=O) groups excluding carboxylic acids is 1. The van der Waals surface area contributed by atoms with Gasteiger partial charge in [0.2, 0.25) is 5.91 Å². The van der Waals surface area contributed by atoms with E-state index in [1.165, 1.54) is 60.8 Å². The van der Waals surface area contributed by atoms with E-state index in [4.69, 9.17) is 5.73 Å². The van der Waals surface area contributed by atoms with E-state index in [0.717, 1.165) is 153 Å². The third-order valence-corrected chi connectivity index (χ3v) is 21.8. The molecule has 0 aromatic heterocycles. The van der Waals surface area contributed by atoms with Gasteiger partial charge in [-0.05, 0) is 193 Å². The molecular weight excluding hydrogens is 1080 g/mol. The van der Waals surface area contributed by atoms with Crippen LogP contribution in [0.25, 0.3) is 0 Å². The summed E-state index contributed by atoms with van der Waals surface area (Å²) in [6, 6.07) is 42.2. The molecule has 1 saturated heterocycles. The standard InChI is InChI=1S/C21H32N2O2.C21H33NO2.C18H28O.C17H27NO/c1-16(2)8-13-23(15-19(22)25)20-9-11-21(12-10-20,18(24)14-20)17-6-4-3-5-7-17;1-17(2)8-13-22(14-15-23)20-9-11-21(12-10-20,19(24)16-20)18-6-4-3-5-7-18;1-14(2)7-6-10-16-12-17(18(19)13-16)11-15-8-4-3-5-9-15;1-14(2)7-6-10-18-12-16(17(19)13-18)11-15-8-4-3-5-9-15/h3-7,16,18,24H,8-15H2,1-2H3,(H2,22,25);3-7,17,19,23-24H,8-16H2,1-2H3;3-5,8-9,14,16-19H,6-7,10-13H2,1-2H3;3-5,8-9,14,16-17,19H,6-7,10-13H2,1-2H3/t18-,20?,21?;19-,20?,21?;16-,17-,18-;16-,17-/m1110/s1. The second kappa shape index (κ2) is 33.9. The van der Waals surface area contributed by atoms with E-state index in [9.17, 15) is 30.3 Å². The number of amides is 1. The van der Waals surface area contributed by atoms with Gasteiger partial charge in [-0.25, -0.2) is 0 Å². The van der Waals surface area contributed by atoms with Gasteiger partial charge in [0.1, 0.15) is 0 Å². The number of benzene rings is 4. The van der Waals surface area contributed by atoms with Crippen molar-refractivity contribution < 1.29 is 30.3 Å². The number of hydrogen-bond acceptors (Lipinski definition) is 9. The number of nitrogens with zero attached hydrogens (tertiary/aromatic N) is 3. The Morgan fingerprint density at radius 2 is 0.943 bits per heavy atom. The number of hydrogen-bond donors (Lipinski definition) is 6. The monoisotopic (exact) mass is 1200 g/mol.